The van der Waals surface area contributed by atoms with Gasteiger partial charge in [0, 0.05) is 11.7 Å². The van der Waals surface area contributed by atoms with Crippen molar-refractivity contribution in [2.24, 2.45) is 0 Å². The number of nitrogens with one attached hydrogen (secondary N) is 1. The Morgan fingerprint density at radius 2 is 1.71 bits per heavy atom. The van der Waals surface area contributed by atoms with Gasteiger partial charge in [-0.1, -0.05) is 55.5 Å². The summed E-state index contributed by atoms with van der Waals surface area (Å²) in [4.78, 5) is 23.9. The highest BCUT2D eigenvalue weighted by Crippen LogP contribution is 2.44. The van der Waals surface area contributed by atoms with E-state index in [1.54, 1.807) is 6.92 Å². The predicted molar refractivity (Wildman–Crippen MR) is 122 cm³/mol. The molecule has 0 fully saturated rings. The quantitative estimate of drug-likeness (QED) is 0.475. The topological polar surface area (TPSA) is 95.9 Å². The summed E-state index contributed by atoms with van der Waals surface area (Å²) in [6.07, 6.45) is 0.143. The van der Waals surface area contributed by atoms with E-state index in [0.717, 1.165) is 22.3 Å². The van der Waals surface area contributed by atoms with Gasteiger partial charge in [0.15, 0.2) is 0 Å². The molecule has 0 saturated heterocycles. The molecule has 3 rings (SSSR count). The molecule has 0 bridgehead atoms. The molecule has 1 aliphatic rings. The van der Waals surface area contributed by atoms with Crippen LogP contribution in [0, 0.1) is 0 Å². The first-order valence-corrected chi connectivity index (χ1v) is 11.6. The maximum absolute atomic E-state index is 12.3. The highest BCUT2D eigenvalue weighted by atomic mass is 32.2. The summed E-state index contributed by atoms with van der Waals surface area (Å²) in [5.74, 6) is -0.151. The molecule has 1 amide bonds. The lowest BCUT2D eigenvalue weighted by molar-refractivity contribution is -0.139. The number of carbonyl (C=O) groups excluding carboxylic acids is 1. The van der Waals surface area contributed by atoms with Crippen LogP contribution in [0.2, 0.25) is 0 Å². The Labute approximate surface area is 187 Å². The number of amides is 1. The van der Waals surface area contributed by atoms with Crippen LogP contribution in [0.15, 0.2) is 48.5 Å². The standard InChI is InChI=1S/C24H29NO5S/c1-3-24(2,29)15-31-13-12-21(22(26)27)25-23(28)30-14-20-18-10-6-4-8-16(18)17-9-5-7-11-19(17)20/h4-11,20-21,29H,3,12-15H2,1-2H3,(H,25,28)(H,26,27). The van der Waals surface area contributed by atoms with E-state index >= 15 is 0 Å². The molecule has 2 unspecified atom stereocenters. The van der Waals surface area contributed by atoms with Crippen LogP contribution in [0.4, 0.5) is 4.79 Å². The zero-order valence-electron chi connectivity index (χ0n) is 17.8. The Hall–Kier alpha value is -2.51. The van der Waals surface area contributed by atoms with Gasteiger partial charge in [0.1, 0.15) is 12.6 Å². The number of carboxylic acid groups (broad SMARTS) is 1. The summed E-state index contributed by atoms with van der Waals surface area (Å²) in [5, 5.41) is 21.9. The van der Waals surface area contributed by atoms with Crippen molar-refractivity contribution in [1.29, 1.82) is 0 Å². The fourth-order valence-electron chi connectivity index (χ4n) is 3.64. The number of hydrogen-bond donors (Lipinski definition) is 3. The van der Waals surface area contributed by atoms with Crippen molar-refractivity contribution in [2.45, 2.75) is 44.2 Å². The summed E-state index contributed by atoms with van der Waals surface area (Å²) in [6, 6.07) is 15.0. The minimum Gasteiger partial charge on any atom is -0.480 e. The first kappa shape index (κ1) is 23.2. The Morgan fingerprint density at radius 3 is 2.26 bits per heavy atom. The van der Waals surface area contributed by atoms with Crippen molar-refractivity contribution in [3.05, 3.63) is 59.7 Å². The molecule has 2 aromatic rings. The molecule has 31 heavy (non-hydrogen) atoms. The predicted octanol–water partition coefficient (Wildman–Crippen LogP) is 4.26. The Morgan fingerprint density at radius 1 is 1.13 bits per heavy atom. The van der Waals surface area contributed by atoms with E-state index in [2.05, 4.69) is 17.4 Å². The fraction of sp³-hybridized carbons (Fsp3) is 0.417. The maximum Gasteiger partial charge on any atom is 0.407 e. The Balaban J connectivity index is 1.54. The van der Waals surface area contributed by atoms with Crippen LogP contribution in [-0.4, -0.2) is 52.0 Å². The summed E-state index contributed by atoms with van der Waals surface area (Å²) >= 11 is 1.47. The summed E-state index contributed by atoms with van der Waals surface area (Å²) in [7, 11) is 0. The van der Waals surface area contributed by atoms with Crippen LogP contribution in [0.3, 0.4) is 0 Å². The van der Waals surface area contributed by atoms with Gasteiger partial charge in [-0.3, -0.25) is 0 Å². The van der Waals surface area contributed by atoms with Gasteiger partial charge < -0.3 is 20.3 Å². The third-order valence-electron chi connectivity index (χ3n) is 5.66. The molecule has 166 valence electrons. The zero-order chi connectivity index (χ0) is 22.4. The van der Waals surface area contributed by atoms with Gasteiger partial charge >= 0.3 is 12.1 Å². The van der Waals surface area contributed by atoms with E-state index < -0.39 is 23.7 Å². The number of aliphatic carboxylic acids is 1. The van der Waals surface area contributed by atoms with Gasteiger partial charge in [-0.25, -0.2) is 9.59 Å². The first-order valence-electron chi connectivity index (χ1n) is 10.5. The van der Waals surface area contributed by atoms with Crippen molar-refractivity contribution in [3.8, 4) is 11.1 Å². The van der Waals surface area contributed by atoms with E-state index in [9.17, 15) is 19.8 Å². The highest BCUT2D eigenvalue weighted by Gasteiger charge is 2.29. The molecule has 2 atom stereocenters. The van der Waals surface area contributed by atoms with Gasteiger partial charge in [0.2, 0.25) is 0 Å². The van der Waals surface area contributed by atoms with E-state index in [4.69, 9.17) is 4.74 Å². The number of hydrogen-bond acceptors (Lipinski definition) is 5. The molecule has 2 aromatic carbocycles. The maximum atomic E-state index is 12.3. The smallest absolute Gasteiger partial charge is 0.407 e. The summed E-state index contributed by atoms with van der Waals surface area (Å²) in [6.45, 7) is 3.79. The number of ether oxygens (including phenoxy) is 1. The minimum atomic E-state index is -1.10. The average molecular weight is 444 g/mol. The van der Waals surface area contributed by atoms with Crippen LogP contribution in [-0.2, 0) is 9.53 Å². The van der Waals surface area contributed by atoms with Gasteiger partial charge in [-0.15, -0.1) is 0 Å². The molecule has 6 nitrogen and oxygen atoms in total. The molecular formula is C24H29NO5S. The molecule has 3 N–H and O–H groups in total. The van der Waals surface area contributed by atoms with Gasteiger partial charge in [-0.05, 0) is 47.8 Å². The Kier molecular flexibility index (Phi) is 7.62. The number of aliphatic hydroxyl groups is 1. The molecule has 0 spiro atoms. The average Bonchev–Trinajstić information content (AvgIpc) is 3.08. The van der Waals surface area contributed by atoms with E-state index in [1.165, 1.54) is 11.8 Å². The van der Waals surface area contributed by atoms with E-state index in [1.807, 2.05) is 43.3 Å². The van der Waals surface area contributed by atoms with Gasteiger partial charge in [0.05, 0.1) is 5.60 Å². The summed E-state index contributed by atoms with van der Waals surface area (Å²) in [5.41, 5.74) is 3.70. The lowest BCUT2D eigenvalue weighted by atomic mass is 9.98. The molecular weight excluding hydrogens is 414 g/mol. The van der Waals surface area contributed by atoms with Crippen LogP contribution in [0.25, 0.3) is 11.1 Å². The highest BCUT2D eigenvalue weighted by molar-refractivity contribution is 7.99. The van der Waals surface area contributed by atoms with Crippen molar-refractivity contribution in [3.63, 3.8) is 0 Å². The number of benzene rings is 2. The summed E-state index contributed by atoms with van der Waals surface area (Å²) < 4.78 is 5.44. The van der Waals surface area contributed by atoms with Crippen molar-refractivity contribution in [2.75, 3.05) is 18.1 Å². The van der Waals surface area contributed by atoms with E-state index in [0.29, 0.717) is 17.9 Å². The molecule has 1 aliphatic carbocycles. The van der Waals surface area contributed by atoms with Gasteiger partial charge in [-0.2, -0.15) is 11.8 Å². The largest absolute Gasteiger partial charge is 0.480 e. The lowest BCUT2D eigenvalue weighted by Crippen LogP contribution is -2.42. The number of fused-ring (bicyclic) bond motifs is 3. The molecule has 0 aromatic heterocycles. The second-order valence-electron chi connectivity index (χ2n) is 8.05. The van der Waals surface area contributed by atoms with Crippen LogP contribution < -0.4 is 5.32 Å². The van der Waals surface area contributed by atoms with E-state index in [-0.39, 0.29) is 18.9 Å². The second kappa shape index (κ2) is 10.2. The second-order valence-corrected chi connectivity index (χ2v) is 9.16. The number of rotatable bonds is 10. The zero-order valence-corrected chi connectivity index (χ0v) is 18.7. The van der Waals surface area contributed by atoms with Crippen molar-refractivity contribution < 1.29 is 24.5 Å². The Bertz CT molecular complexity index is 884. The van der Waals surface area contributed by atoms with Crippen LogP contribution in [0.5, 0.6) is 0 Å². The molecule has 0 heterocycles. The number of thioether (sulfide) groups is 1. The molecule has 0 radical (unpaired) electrons. The third-order valence-corrected chi connectivity index (χ3v) is 7.01. The van der Waals surface area contributed by atoms with Crippen LogP contribution >= 0.6 is 11.8 Å². The minimum absolute atomic E-state index is 0.0757. The number of carbonyl (C=O) groups is 2. The lowest BCUT2D eigenvalue weighted by Gasteiger charge is -2.21. The van der Waals surface area contributed by atoms with Gasteiger partial charge in [0.25, 0.3) is 0 Å². The van der Waals surface area contributed by atoms with Crippen molar-refractivity contribution >= 4 is 23.8 Å². The first-order chi connectivity index (χ1) is 14.8. The SMILES string of the molecule is CCC(C)(O)CSCCC(NC(=O)OCC1c2ccccc2-c2ccccc21)C(=O)O. The molecule has 7 heteroatoms. The number of alkyl carbamates (subject to hydrolysis) is 1. The normalized spacial score (nSPS) is 15.5. The monoisotopic (exact) mass is 443 g/mol. The molecule has 0 aliphatic heterocycles. The molecule has 0 saturated carbocycles. The fourth-order valence-corrected chi connectivity index (χ4v) is 4.83. The third kappa shape index (κ3) is 5.80. The number of carboxylic acids is 1. The van der Waals surface area contributed by atoms with Crippen LogP contribution in [0.1, 0.15) is 43.7 Å². The van der Waals surface area contributed by atoms with Crippen molar-refractivity contribution in [1.82, 2.24) is 5.32 Å².